The third-order valence-electron chi connectivity index (χ3n) is 8.97. The molecule has 278 valence electrons. The van der Waals surface area contributed by atoms with Gasteiger partial charge in [0.2, 0.25) is 0 Å². The molecule has 0 radical (unpaired) electrons. The maximum atomic E-state index is 3.62. The molecule has 0 atom stereocenters. The lowest BCUT2D eigenvalue weighted by molar-refractivity contribution is 0.525. The lowest BCUT2D eigenvalue weighted by Crippen LogP contribution is -2.26. The predicted molar refractivity (Wildman–Crippen MR) is 219 cm³/mol. The van der Waals surface area contributed by atoms with Crippen molar-refractivity contribution >= 4 is 0 Å². The van der Waals surface area contributed by atoms with E-state index in [0.29, 0.717) is 0 Å². The van der Waals surface area contributed by atoms with Crippen LogP contribution in [0.1, 0.15) is 90.8 Å². The van der Waals surface area contributed by atoms with E-state index in [2.05, 4.69) is 147 Å². The molecule has 0 saturated carbocycles. The molecule has 0 fully saturated rings. The standard InChI is InChI=1S/C44H72N6/c1-35(2)31-47-24-8-20-45-22-10-26-49-33-37-12-16-39(17-13-37)41-28-42(30-43(29-41)44(5,6)7)40-18-14-38(15-19-40)34-50-27-11-23-46-21-9-25-48-32-36(3)4/h12-19,28-30,35-36,45-50H,8-11,20-27,31-34H2,1-7H3. The van der Waals surface area contributed by atoms with Crippen LogP contribution in [0.3, 0.4) is 0 Å². The maximum absolute atomic E-state index is 3.62. The van der Waals surface area contributed by atoms with Crippen LogP contribution in [0, 0.1) is 11.8 Å². The molecule has 50 heavy (non-hydrogen) atoms. The Labute approximate surface area is 306 Å². The summed E-state index contributed by atoms with van der Waals surface area (Å²) < 4.78 is 0. The molecular formula is C44H72N6. The molecule has 0 aliphatic heterocycles. The number of nitrogens with one attached hydrogen (secondary N) is 6. The van der Waals surface area contributed by atoms with Gasteiger partial charge in [-0.3, -0.25) is 0 Å². The van der Waals surface area contributed by atoms with Gasteiger partial charge in [-0.05, 0) is 153 Å². The van der Waals surface area contributed by atoms with Crippen molar-refractivity contribution in [3.05, 3.63) is 83.4 Å². The molecule has 6 heteroatoms. The third-order valence-corrected chi connectivity index (χ3v) is 8.97. The Morgan fingerprint density at radius 1 is 0.420 bits per heavy atom. The first-order valence-corrected chi connectivity index (χ1v) is 19.7. The normalized spacial score (nSPS) is 12.0. The topological polar surface area (TPSA) is 72.2 Å². The van der Waals surface area contributed by atoms with Crippen molar-refractivity contribution < 1.29 is 0 Å². The van der Waals surface area contributed by atoms with Gasteiger partial charge in [0.1, 0.15) is 0 Å². The molecule has 3 aromatic carbocycles. The van der Waals surface area contributed by atoms with Crippen molar-refractivity contribution in [3.63, 3.8) is 0 Å². The fourth-order valence-corrected chi connectivity index (χ4v) is 5.87. The molecule has 6 N–H and O–H groups in total. The Hall–Kier alpha value is -2.58. The molecule has 0 bridgehead atoms. The van der Waals surface area contributed by atoms with E-state index in [-0.39, 0.29) is 5.41 Å². The largest absolute Gasteiger partial charge is 0.317 e. The van der Waals surface area contributed by atoms with Crippen LogP contribution in [-0.2, 0) is 18.5 Å². The van der Waals surface area contributed by atoms with Gasteiger partial charge in [-0.25, -0.2) is 0 Å². The second kappa shape index (κ2) is 23.8. The summed E-state index contributed by atoms with van der Waals surface area (Å²) in [6.07, 6.45) is 4.67. The van der Waals surface area contributed by atoms with Crippen molar-refractivity contribution in [3.8, 4) is 22.3 Å². The van der Waals surface area contributed by atoms with Crippen LogP contribution in [0.4, 0.5) is 0 Å². The first-order chi connectivity index (χ1) is 24.1. The first-order valence-electron chi connectivity index (χ1n) is 19.7. The summed E-state index contributed by atoms with van der Waals surface area (Å²) in [5.74, 6) is 1.45. The highest BCUT2D eigenvalue weighted by atomic mass is 14.9. The number of hydrogen-bond acceptors (Lipinski definition) is 6. The fraction of sp³-hybridized carbons (Fsp3) is 0.591. The third kappa shape index (κ3) is 17.6. The Balaban J connectivity index is 1.43. The summed E-state index contributed by atoms with van der Waals surface area (Å²) >= 11 is 0. The molecule has 3 rings (SSSR count). The van der Waals surface area contributed by atoms with Crippen molar-refractivity contribution in [2.75, 3.05) is 65.4 Å². The molecule has 0 amide bonds. The number of rotatable bonds is 26. The summed E-state index contributed by atoms with van der Waals surface area (Å²) in [4.78, 5) is 0. The molecule has 0 unspecified atom stereocenters. The Bertz CT molecular complexity index is 1200. The van der Waals surface area contributed by atoms with Gasteiger partial charge in [-0.15, -0.1) is 0 Å². The number of hydrogen-bond donors (Lipinski definition) is 6. The van der Waals surface area contributed by atoms with Crippen molar-refractivity contribution in [1.29, 1.82) is 0 Å². The van der Waals surface area contributed by atoms with Crippen LogP contribution >= 0.6 is 0 Å². The van der Waals surface area contributed by atoms with E-state index in [9.17, 15) is 0 Å². The highest BCUT2D eigenvalue weighted by Gasteiger charge is 2.16. The zero-order valence-corrected chi connectivity index (χ0v) is 32.8. The molecule has 0 spiro atoms. The first kappa shape index (κ1) is 41.8. The van der Waals surface area contributed by atoms with Gasteiger partial charge in [0, 0.05) is 13.1 Å². The Kier molecular flexibility index (Phi) is 19.9. The van der Waals surface area contributed by atoms with Crippen LogP contribution in [0.25, 0.3) is 22.3 Å². The van der Waals surface area contributed by atoms with E-state index in [1.54, 1.807) is 0 Å². The average molecular weight is 685 g/mol. The van der Waals surface area contributed by atoms with Gasteiger partial charge in [0.15, 0.2) is 0 Å². The second-order valence-corrected chi connectivity index (χ2v) is 15.9. The van der Waals surface area contributed by atoms with Crippen molar-refractivity contribution in [2.45, 2.75) is 92.7 Å². The minimum Gasteiger partial charge on any atom is -0.317 e. The van der Waals surface area contributed by atoms with Crippen LogP contribution in [0.15, 0.2) is 66.7 Å². The molecule has 0 aromatic heterocycles. The molecule has 3 aromatic rings. The average Bonchev–Trinajstić information content (AvgIpc) is 3.09. The molecule has 0 heterocycles. The zero-order chi connectivity index (χ0) is 36.0. The number of benzene rings is 3. The minimum atomic E-state index is 0.0670. The van der Waals surface area contributed by atoms with Crippen molar-refractivity contribution in [1.82, 2.24) is 31.9 Å². The van der Waals surface area contributed by atoms with E-state index in [1.165, 1.54) is 51.8 Å². The van der Waals surface area contributed by atoms with E-state index in [1.807, 2.05) is 0 Å². The van der Waals surface area contributed by atoms with Gasteiger partial charge in [0.05, 0.1) is 0 Å². The van der Waals surface area contributed by atoms with E-state index < -0.39 is 0 Å². The van der Waals surface area contributed by atoms with Crippen LogP contribution in [0.2, 0.25) is 0 Å². The SMILES string of the molecule is CC(C)CNCCCNCCCNCc1ccc(-c2cc(-c3ccc(CNCCCNCCCNCC(C)C)cc3)cc(C(C)(C)C)c2)cc1. The Morgan fingerprint density at radius 3 is 1.10 bits per heavy atom. The van der Waals surface area contributed by atoms with E-state index in [4.69, 9.17) is 0 Å². The maximum Gasteiger partial charge on any atom is 0.0205 e. The Morgan fingerprint density at radius 2 is 0.760 bits per heavy atom. The lowest BCUT2D eigenvalue weighted by atomic mass is 9.83. The highest BCUT2D eigenvalue weighted by Crippen LogP contribution is 2.33. The van der Waals surface area contributed by atoms with Crippen LogP contribution in [-0.4, -0.2) is 65.4 Å². The lowest BCUT2D eigenvalue weighted by Gasteiger charge is -2.22. The quantitative estimate of drug-likeness (QED) is 0.0487. The summed E-state index contributed by atoms with van der Waals surface area (Å²) in [5, 5.41) is 21.4. The summed E-state index contributed by atoms with van der Waals surface area (Å²) in [7, 11) is 0. The van der Waals surface area contributed by atoms with Crippen molar-refractivity contribution in [2.24, 2.45) is 11.8 Å². The minimum absolute atomic E-state index is 0.0670. The second-order valence-electron chi connectivity index (χ2n) is 15.9. The van der Waals surface area contributed by atoms with Gasteiger partial charge in [0.25, 0.3) is 0 Å². The highest BCUT2D eigenvalue weighted by molar-refractivity contribution is 5.75. The summed E-state index contributed by atoms with van der Waals surface area (Å²) in [6.45, 7) is 28.5. The molecule has 0 aliphatic carbocycles. The predicted octanol–water partition coefficient (Wildman–Crippen LogP) is 7.73. The van der Waals surface area contributed by atoms with E-state index in [0.717, 1.165) is 103 Å². The van der Waals surface area contributed by atoms with Gasteiger partial charge >= 0.3 is 0 Å². The molecule has 6 nitrogen and oxygen atoms in total. The van der Waals surface area contributed by atoms with E-state index >= 15 is 0 Å². The van der Waals surface area contributed by atoms with Crippen LogP contribution in [0.5, 0.6) is 0 Å². The molecule has 0 aliphatic rings. The molecular weight excluding hydrogens is 613 g/mol. The summed E-state index contributed by atoms with van der Waals surface area (Å²) in [5.41, 5.74) is 9.19. The van der Waals surface area contributed by atoms with Gasteiger partial charge in [-0.2, -0.15) is 0 Å². The fourth-order valence-electron chi connectivity index (χ4n) is 5.87. The van der Waals surface area contributed by atoms with Crippen LogP contribution < -0.4 is 31.9 Å². The van der Waals surface area contributed by atoms with Gasteiger partial charge in [-0.1, -0.05) is 109 Å². The van der Waals surface area contributed by atoms with Gasteiger partial charge < -0.3 is 31.9 Å². The molecule has 0 saturated heterocycles. The zero-order valence-electron chi connectivity index (χ0n) is 32.8. The smallest absolute Gasteiger partial charge is 0.0205 e. The summed E-state index contributed by atoms with van der Waals surface area (Å²) in [6, 6.07) is 25.4. The monoisotopic (exact) mass is 685 g/mol.